The minimum absolute atomic E-state index is 0.0750. The molecule has 0 spiro atoms. The SMILES string of the molecule is O=C(NCCNC1CCCCCC1)C1CCCOC1c1ccccc1. The van der Waals surface area contributed by atoms with Crippen LogP contribution < -0.4 is 10.6 Å². The van der Waals surface area contributed by atoms with Crippen molar-refractivity contribution < 1.29 is 9.53 Å². The van der Waals surface area contributed by atoms with Gasteiger partial charge in [0.15, 0.2) is 0 Å². The summed E-state index contributed by atoms with van der Waals surface area (Å²) in [4.78, 5) is 12.7. The molecule has 25 heavy (non-hydrogen) atoms. The van der Waals surface area contributed by atoms with Gasteiger partial charge in [-0.1, -0.05) is 56.0 Å². The Labute approximate surface area is 151 Å². The summed E-state index contributed by atoms with van der Waals surface area (Å²) in [6.07, 6.45) is 9.73. The van der Waals surface area contributed by atoms with Gasteiger partial charge in [-0.05, 0) is 31.2 Å². The summed E-state index contributed by atoms with van der Waals surface area (Å²) in [7, 11) is 0. The van der Waals surface area contributed by atoms with E-state index < -0.39 is 0 Å². The second kappa shape index (κ2) is 9.93. The molecule has 1 saturated carbocycles. The maximum Gasteiger partial charge on any atom is 0.226 e. The quantitative estimate of drug-likeness (QED) is 0.612. The Morgan fingerprint density at radius 3 is 2.48 bits per heavy atom. The molecule has 1 aliphatic heterocycles. The lowest BCUT2D eigenvalue weighted by Gasteiger charge is -2.31. The Morgan fingerprint density at radius 1 is 0.960 bits per heavy atom. The Morgan fingerprint density at radius 2 is 1.72 bits per heavy atom. The van der Waals surface area contributed by atoms with Crippen molar-refractivity contribution in [1.82, 2.24) is 10.6 Å². The van der Waals surface area contributed by atoms with Gasteiger partial charge in [-0.3, -0.25) is 4.79 Å². The molecular weight excluding hydrogens is 312 g/mol. The van der Waals surface area contributed by atoms with Gasteiger partial charge in [0.1, 0.15) is 0 Å². The maximum atomic E-state index is 12.7. The number of benzene rings is 1. The van der Waals surface area contributed by atoms with E-state index in [-0.39, 0.29) is 17.9 Å². The molecule has 138 valence electrons. The number of amides is 1. The summed E-state index contributed by atoms with van der Waals surface area (Å²) in [5.41, 5.74) is 1.11. The largest absolute Gasteiger partial charge is 0.373 e. The summed E-state index contributed by atoms with van der Waals surface area (Å²) in [6.45, 7) is 2.31. The molecule has 2 unspecified atom stereocenters. The van der Waals surface area contributed by atoms with Crippen molar-refractivity contribution in [1.29, 1.82) is 0 Å². The fourth-order valence-corrected chi connectivity index (χ4v) is 4.10. The van der Waals surface area contributed by atoms with Crippen LogP contribution in [-0.2, 0) is 9.53 Å². The van der Waals surface area contributed by atoms with Crippen LogP contribution in [0.1, 0.15) is 63.0 Å². The third-order valence-corrected chi connectivity index (χ3v) is 5.50. The second-order valence-corrected chi connectivity index (χ2v) is 7.38. The number of hydrogen-bond donors (Lipinski definition) is 2. The van der Waals surface area contributed by atoms with Crippen LogP contribution in [-0.4, -0.2) is 31.6 Å². The predicted molar refractivity (Wildman–Crippen MR) is 100 cm³/mol. The van der Waals surface area contributed by atoms with Gasteiger partial charge in [-0.2, -0.15) is 0 Å². The minimum Gasteiger partial charge on any atom is -0.373 e. The van der Waals surface area contributed by atoms with Crippen LogP contribution in [0.2, 0.25) is 0 Å². The molecule has 0 bridgehead atoms. The Bertz CT molecular complexity index is 512. The highest BCUT2D eigenvalue weighted by atomic mass is 16.5. The van der Waals surface area contributed by atoms with Gasteiger partial charge in [-0.15, -0.1) is 0 Å². The monoisotopic (exact) mass is 344 g/mol. The van der Waals surface area contributed by atoms with Crippen molar-refractivity contribution in [2.75, 3.05) is 19.7 Å². The van der Waals surface area contributed by atoms with Crippen LogP contribution in [0, 0.1) is 5.92 Å². The highest BCUT2D eigenvalue weighted by Gasteiger charge is 2.32. The lowest BCUT2D eigenvalue weighted by atomic mass is 9.89. The van der Waals surface area contributed by atoms with Crippen molar-refractivity contribution in [3.63, 3.8) is 0 Å². The van der Waals surface area contributed by atoms with Crippen molar-refractivity contribution in [2.45, 2.75) is 63.5 Å². The van der Waals surface area contributed by atoms with Crippen molar-refractivity contribution in [3.05, 3.63) is 35.9 Å². The van der Waals surface area contributed by atoms with Crippen molar-refractivity contribution in [3.8, 4) is 0 Å². The minimum atomic E-state index is -0.107. The van der Waals surface area contributed by atoms with E-state index in [1.807, 2.05) is 18.2 Å². The average Bonchev–Trinajstić information content (AvgIpc) is 2.94. The summed E-state index contributed by atoms with van der Waals surface area (Å²) >= 11 is 0. The summed E-state index contributed by atoms with van der Waals surface area (Å²) in [6, 6.07) is 10.8. The van der Waals surface area contributed by atoms with Gasteiger partial charge in [0.25, 0.3) is 0 Å². The summed E-state index contributed by atoms with van der Waals surface area (Å²) in [5, 5.41) is 6.74. The van der Waals surface area contributed by atoms with E-state index in [9.17, 15) is 4.79 Å². The molecule has 0 radical (unpaired) electrons. The lowest BCUT2D eigenvalue weighted by Crippen LogP contribution is -2.41. The normalized spacial score (nSPS) is 25.3. The van der Waals surface area contributed by atoms with Crippen molar-refractivity contribution in [2.24, 2.45) is 5.92 Å². The summed E-state index contributed by atoms with van der Waals surface area (Å²) in [5.74, 6) is 0.0604. The first kappa shape index (κ1) is 18.4. The molecule has 2 atom stereocenters. The Balaban J connectivity index is 1.44. The molecular formula is C21H32N2O2. The van der Waals surface area contributed by atoms with Crippen LogP contribution in [0.4, 0.5) is 0 Å². The number of nitrogens with one attached hydrogen (secondary N) is 2. The zero-order valence-corrected chi connectivity index (χ0v) is 15.2. The van der Waals surface area contributed by atoms with Crippen LogP contribution in [0.15, 0.2) is 30.3 Å². The fourth-order valence-electron chi connectivity index (χ4n) is 4.10. The van der Waals surface area contributed by atoms with Crippen LogP contribution in [0.3, 0.4) is 0 Å². The molecule has 4 nitrogen and oxygen atoms in total. The smallest absolute Gasteiger partial charge is 0.226 e. The molecule has 4 heteroatoms. The molecule has 2 N–H and O–H groups in total. The van der Waals surface area contributed by atoms with E-state index in [4.69, 9.17) is 4.74 Å². The van der Waals surface area contributed by atoms with E-state index in [1.165, 1.54) is 38.5 Å². The number of hydrogen-bond acceptors (Lipinski definition) is 3. The molecule has 2 aliphatic rings. The first-order valence-electron chi connectivity index (χ1n) is 10.0. The van der Waals surface area contributed by atoms with E-state index in [1.54, 1.807) is 0 Å². The standard InChI is InChI=1S/C21H32N2O2/c24-21(23-15-14-22-18-11-6-1-2-7-12-18)19-13-8-16-25-20(19)17-9-4-3-5-10-17/h3-5,9-10,18-20,22H,1-2,6-8,11-16H2,(H,23,24). The van der Waals surface area contributed by atoms with E-state index in [0.717, 1.165) is 31.6 Å². The van der Waals surface area contributed by atoms with Gasteiger partial charge in [-0.25, -0.2) is 0 Å². The van der Waals surface area contributed by atoms with Gasteiger partial charge < -0.3 is 15.4 Å². The summed E-state index contributed by atoms with van der Waals surface area (Å²) < 4.78 is 5.94. The van der Waals surface area contributed by atoms with Gasteiger partial charge in [0, 0.05) is 25.7 Å². The lowest BCUT2D eigenvalue weighted by molar-refractivity contribution is -0.134. The molecule has 2 fully saturated rings. The topological polar surface area (TPSA) is 50.4 Å². The molecule has 0 aromatic heterocycles. The predicted octanol–water partition coefficient (Wildman–Crippen LogP) is 3.58. The zero-order chi connectivity index (χ0) is 17.3. The third-order valence-electron chi connectivity index (χ3n) is 5.50. The number of carbonyl (C=O) groups is 1. The second-order valence-electron chi connectivity index (χ2n) is 7.38. The highest BCUT2D eigenvalue weighted by molar-refractivity contribution is 5.79. The molecule has 1 heterocycles. The van der Waals surface area contributed by atoms with Crippen LogP contribution in [0.5, 0.6) is 0 Å². The first-order chi connectivity index (χ1) is 12.3. The molecule has 1 aromatic rings. The average molecular weight is 344 g/mol. The van der Waals surface area contributed by atoms with Gasteiger partial charge in [0.2, 0.25) is 5.91 Å². The van der Waals surface area contributed by atoms with Gasteiger partial charge in [0.05, 0.1) is 12.0 Å². The molecule has 1 aromatic carbocycles. The number of carbonyl (C=O) groups excluding carboxylic acids is 1. The third kappa shape index (κ3) is 5.55. The molecule has 1 amide bonds. The first-order valence-corrected chi connectivity index (χ1v) is 10.0. The number of ether oxygens (including phenoxy) is 1. The Kier molecular flexibility index (Phi) is 7.31. The van der Waals surface area contributed by atoms with Crippen LogP contribution in [0.25, 0.3) is 0 Å². The van der Waals surface area contributed by atoms with E-state index in [2.05, 4.69) is 22.8 Å². The van der Waals surface area contributed by atoms with E-state index >= 15 is 0 Å². The fraction of sp³-hybridized carbons (Fsp3) is 0.667. The maximum absolute atomic E-state index is 12.7. The van der Waals surface area contributed by atoms with E-state index in [0.29, 0.717) is 12.6 Å². The highest BCUT2D eigenvalue weighted by Crippen LogP contribution is 2.33. The zero-order valence-electron chi connectivity index (χ0n) is 15.2. The molecule has 3 rings (SSSR count). The van der Waals surface area contributed by atoms with Crippen molar-refractivity contribution >= 4 is 5.91 Å². The van der Waals surface area contributed by atoms with Gasteiger partial charge >= 0.3 is 0 Å². The molecule has 1 aliphatic carbocycles. The van der Waals surface area contributed by atoms with Crippen LogP contribution >= 0.6 is 0 Å². The Hall–Kier alpha value is -1.39. The molecule has 1 saturated heterocycles. The number of rotatable bonds is 6.